The summed E-state index contributed by atoms with van der Waals surface area (Å²) in [5, 5.41) is 5.61. The van der Waals surface area contributed by atoms with Crippen LogP contribution in [0.4, 0.5) is 0 Å². The normalized spacial score (nSPS) is 12.1. The van der Waals surface area contributed by atoms with Gasteiger partial charge in [-0.2, -0.15) is 0 Å². The molecule has 0 aliphatic carbocycles. The summed E-state index contributed by atoms with van der Waals surface area (Å²) in [5.74, 6) is 0.643. The van der Waals surface area contributed by atoms with Gasteiger partial charge in [-0.15, -0.1) is 11.3 Å². The molecule has 0 N–H and O–H groups in total. The SMILES string of the molecule is c1ccc(-c2nc(-n3c4ccccc4c4ccc5c6ccccc6oc5c43)nc3c2sc2ccccc23)cc1. The molecule has 0 amide bonds. The Labute approximate surface area is 226 Å². The van der Waals surface area contributed by atoms with Gasteiger partial charge in [-0.05, 0) is 24.3 Å². The fraction of sp³-hybridized carbons (Fsp3) is 0. The molecule has 0 saturated carbocycles. The molecule has 0 aliphatic rings. The lowest BCUT2D eigenvalue weighted by Gasteiger charge is -2.10. The number of aromatic nitrogens is 3. The van der Waals surface area contributed by atoms with Crippen LogP contribution in [0.2, 0.25) is 0 Å². The molecular formula is C34H19N3OS. The van der Waals surface area contributed by atoms with Gasteiger partial charge in [0.25, 0.3) is 0 Å². The maximum atomic E-state index is 6.54. The highest BCUT2D eigenvalue weighted by Crippen LogP contribution is 2.42. The standard InChI is InChI=1S/C34H19N3OS/c1-2-10-20(11-3-1)29-33-30(25-14-6-9-17-28(25)39-33)36-34(35-29)37-26-15-7-4-12-21(26)23-18-19-24-22-13-5-8-16-27(22)38-32(24)31(23)37/h1-19H. The predicted molar refractivity (Wildman–Crippen MR) is 162 cm³/mol. The van der Waals surface area contributed by atoms with E-state index in [0.29, 0.717) is 5.95 Å². The summed E-state index contributed by atoms with van der Waals surface area (Å²) in [6.07, 6.45) is 0. The molecule has 9 rings (SSSR count). The van der Waals surface area contributed by atoms with Crippen molar-refractivity contribution in [1.82, 2.24) is 14.5 Å². The Bertz CT molecular complexity index is 2400. The Morgan fingerprint density at radius 3 is 2.21 bits per heavy atom. The molecule has 0 bridgehead atoms. The summed E-state index contributed by atoms with van der Waals surface area (Å²) in [7, 11) is 0. The second kappa shape index (κ2) is 7.76. The van der Waals surface area contributed by atoms with Crippen LogP contribution in [-0.4, -0.2) is 14.5 Å². The minimum atomic E-state index is 0.643. The van der Waals surface area contributed by atoms with Crippen molar-refractivity contribution < 1.29 is 4.42 Å². The number of hydrogen-bond donors (Lipinski definition) is 0. The predicted octanol–water partition coefficient (Wildman–Crippen LogP) is 9.51. The quantitative estimate of drug-likeness (QED) is 0.229. The number of furan rings is 1. The lowest BCUT2D eigenvalue weighted by Crippen LogP contribution is -2.02. The smallest absolute Gasteiger partial charge is 0.236 e. The summed E-state index contributed by atoms with van der Waals surface area (Å²) in [5.41, 5.74) is 6.77. The van der Waals surface area contributed by atoms with Gasteiger partial charge in [0.1, 0.15) is 11.1 Å². The van der Waals surface area contributed by atoms with Gasteiger partial charge in [0.2, 0.25) is 5.95 Å². The average Bonchev–Trinajstić information content (AvgIpc) is 3.66. The van der Waals surface area contributed by atoms with E-state index in [2.05, 4.69) is 102 Å². The van der Waals surface area contributed by atoms with Crippen LogP contribution in [0.3, 0.4) is 0 Å². The van der Waals surface area contributed by atoms with Gasteiger partial charge in [0.05, 0.1) is 21.4 Å². The van der Waals surface area contributed by atoms with Gasteiger partial charge in [-0.25, -0.2) is 9.97 Å². The molecule has 9 aromatic rings. The molecule has 0 unspecified atom stereocenters. The van der Waals surface area contributed by atoms with Crippen molar-refractivity contribution in [2.24, 2.45) is 0 Å². The van der Waals surface area contributed by atoms with Crippen LogP contribution in [0.25, 0.3) is 81.3 Å². The van der Waals surface area contributed by atoms with Crippen molar-refractivity contribution in [1.29, 1.82) is 0 Å². The first-order valence-corrected chi connectivity index (χ1v) is 13.8. The Kier molecular flexibility index (Phi) is 4.18. The highest BCUT2D eigenvalue weighted by atomic mass is 32.1. The van der Waals surface area contributed by atoms with E-state index < -0.39 is 0 Å². The molecule has 4 heterocycles. The molecule has 0 fully saturated rings. The second-order valence-electron chi connectivity index (χ2n) is 9.80. The molecule has 4 nitrogen and oxygen atoms in total. The largest absolute Gasteiger partial charge is 0.454 e. The number of rotatable bonds is 2. The second-order valence-corrected chi connectivity index (χ2v) is 10.9. The van der Waals surface area contributed by atoms with Crippen LogP contribution in [0, 0.1) is 0 Å². The Hall–Kier alpha value is -5.00. The molecule has 0 radical (unpaired) electrons. The van der Waals surface area contributed by atoms with E-state index >= 15 is 0 Å². The van der Waals surface area contributed by atoms with E-state index in [1.165, 1.54) is 4.70 Å². The lowest BCUT2D eigenvalue weighted by atomic mass is 10.1. The highest BCUT2D eigenvalue weighted by molar-refractivity contribution is 7.26. The van der Waals surface area contributed by atoms with Crippen LogP contribution in [0.5, 0.6) is 0 Å². The van der Waals surface area contributed by atoms with E-state index in [9.17, 15) is 0 Å². The maximum Gasteiger partial charge on any atom is 0.236 e. The van der Waals surface area contributed by atoms with Crippen molar-refractivity contribution >= 4 is 75.4 Å². The zero-order chi connectivity index (χ0) is 25.5. The molecule has 5 aromatic carbocycles. The molecule has 5 heteroatoms. The van der Waals surface area contributed by atoms with Gasteiger partial charge in [0, 0.05) is 37.2 Å². The van der Waals surface area contributed by atoms with Gasteiger partial charge < -0.3 is 4.42 Å². The number of para-hydroxylation sites is 2. The topological polar surface area (TPSA) is 43.9 Å². The third-order valence-electron chi connectivity index (χ3n) is 7.63. The average molecular weight is 518 g/mol. The van der Waals surface area contributed by atoms with Gasteiger partial charge in [-0.3, -0.25) is 4.57 Å². The van der Waals surface area contributed by atoms with Crippen molar-refractivity contribution in [3.63, 3.8) is 0 Å². The Morgan fingerprint density at radius 2 is 1.31 bits per heavy atom. The van der Waals surface area contributed by atoms with Crippen LogP contribution >= 0.6 is 11.3 Å². The minimum Gasteiger partial charge on any atom is -0.454 e. The molecular weight excluding hydrogens is 498 g/mol. The first-order valence-electron chi connectivity index (χ1n) is 12.9. The van der Waals surface area contributed by atoms with Crippen molar-refractivity contribution in [2.45, 2.75) is 0 Å². The van der Waals surface area contributed by atoms with Crippen LogP contribution < -0.4 is 0 Å². The molecule has 0 atom stereocenters. The zero-order valence-electron chi connectivity index (χ0n) is 20.6. The molecule has 0 saturated heterocycles. The summed E-state index contributed by atoms with van der Waals surface area (Å²) in [4.78, 5) is 10.6. The van der Waals surface area contributed by atoms with E-state index in [1.54, 1.807) is 11.3 Å². The molecule has 0 aliphatic heterocycles. The number of benzene rings is 5. The lowest BCUT2D eigenvalue weighted by molar-refractivity contribution is 0.671. The molecule has 0 spiro atoms. The van der Waals surface area contributed by atoms with E-state index in [1.807, 2.05) is 18.2 Å². The minimum absolute atomic E-state index is 0.643. The monoisotopic (exact) mass is 517 g/mol. The number of fused-ring (bicyclic) bond motifs is 10. The van der Waals surface area contributed by atoms with Crippen molar-refractivity contribution in [2.75, 3.05) is 0 Å². The highest BCUT2D eigenvalue weighted by Gasteiger charge is 2.22. The van der Waals surface area contributed by atoms with E-state index in [4.69, 9.17) is 14.4 Å². The van der Waals surface area contributed by atoms with Gasteiger partial charge >= 0.3 is 0 Å². The third-order valence-corrected chi connectivity index (χ3v) is 8.80. The Morgan fingerprint density at radius 1 is 0.590 bits per heavy atom. The van der Waals surface area contributed by atoms with Crippen LogP contribution in [-0.2, 0) is 0 Å². The fourth-order valence-electron chi connectivity index (χ4n) is 5.91. The van der Waals surface area contributed by atoms with Gasteiger partial charge in [-0.1, -0.05) is 91.0 Å². The molecule has 39 heavy (non-hydrogen) atoms. The summed E-state index contributed by atoms with van der Waals surface area (Å²) in [6.45, 7) is 0. The zero-order valence-corrected chi connectivity index (χ0v) is 21.4. The number of thiophene rings is 1. The first kappa shape index (κ1) is 21.0. The molecule has 4 aromatic heterocycles. The van der Waals surface area contributed by atoms with Gasteiger partial charge in [0.15, 0.2) is 5.58 Å². The van der Waals surface area contributed by atoms with Crippen molar-refractivity contribution in [3.8, 4) is 17.2 Å². The summed E-state index contributed by atoms with van der Waals surface area (Å²) < 4.78 is 11.0. The fourth-order valence-corrected chi connectivity index (χ4v) is 7.06. The van der Waals surface area contributed by atoms with Crippen LogP contribution in [0.1, 0.15) is 0 Å². The summed E-state index contributed by atoms with van der Waals surface area (Å²) >= 11 is 1.75. The third kappa shape index (κ3) is 2.88. The first-order chi connectivity index (χ1) is 19.3. The maximum absolute atomic E-state index is 6.54. The number of hydrogen-bond acceptors (Lipinski definition) is 4. The van der Waals surface area contributed by atoms with E-state index in [-0.39, 0.29) is 0 Å². The molecule has 182 valence electrons. The number of nitrogens with zero attached hydrogens (tertiary/aromatic N) is 3. The van der Waals surface area contributed by atoms with Crippen molar-refractivity contribution in [3.05, 3.63) is 115 Å². The van der Waals surface area contributed by atoms with E-state index in [0.717, 1.165) is 70.6 Å². The Balaban J connectivity index is 1.49. The van der Waals surface area contributed by atoms with Crippen LogP contribution in [0.15, 0.2) is 120 Å². The summed E-state index contributed by atoms with van der Waals surface area (Å²) in [6, 6.07) is 40.0.